The summed E-state index contributed by atoms with van der Waals surface area (Å²) >= 11 is 3.18. The molecule has 1 aromatic heterocycles. The Morgan fingerprint density at radius 3 is 2.89 bits per heavy atom. The number of aliphatic hydroxyl groups is 1. The Labute approximate surface area is 112 Å². The predicted octanol–water partition coefficient (Wildman–Crippen LogP) is -0.0952. The number of aliphatic hydroxyl groups excluding tert-OH is 1. The van der Waals surface area contributed by atoms with E-state index in [-0.39, 0.29) is 18.9 Å². The summed E-state index contributed by atoms with van der Waals surface area (Å²) in [7, 11) is 0. The van der Waals surface area contributed by atoms with Crippen LogP contribution >= 0.6 is 15.9 Å². The zero-order valence-corrected chi connectivity index (χ0v) is 11.0. The Bertz CT molecular complexity index is 494. The van der Waals surface area contributed by atoms with Gasteiger partial charge in [0.15, 0.2) is 0 Å². The van der Waals surface area contributed by atoms with Crippen LogP contribution in [0.3, 0.4) is 0 Å². The maximum Gasteiger partial charge on any atom is 0.257 e. The Hall–Kier alpha value is -1.47. The van der Waals surface area contributed by atoms with Gasteiger partial charge in [0.1, 0.15) is 10.6 Å². The van der Waals surface area contributed by atoms with Crippen LogP contribution in [0.15, 0.2) is 22.9 Å². The number of amides is 2. The Morgan fingerprint density at radius 2 is 2.28 bits per heavy atom. The molecule has 0 aliphatic carbocycles. The summed E-state index contributed by atoms with van der Waals surface area (Å²) in [6.07, 6.45) is 1.01. The molecule has 96 valence electrons. The molecule has 6 nitrogen and oxygen atoms in total. The van der Waals surface area contributed by atoms with Gasteiger partial charge in [-0.25, -0.2) is 4.98 Å². The average Bonchev–Trinajstić information content (AvgIpc) is 2.71. The van der Waals surface area contributed by atoms with Gasteiger partial charge in [0.2, 0.25) is 5.91 Å². The van der Waals surface area contributed by atoms with Gasteiger partial charge in [-0.1, -0.05) is 0 Å². The quantitative estimate of drug-likeness (QED) is 0.745. The Kier molecular flexibility index (Phi) is 3.63. The predicted molar refractivity (Wildman–Crippen MR) is 66.6 cm³/mol. The molecule has 0 saturated carbocycles. The number of hydrogen-bond acceptors (Lipinski definition) is 4. The number of halogens is 1. The average molecular weight is 314 g/mol. The normalized spacial score (nSPS) is 23.1. The molecular formula is C11H12BrN3O3. The summed E-state index contributed by atoms with van der Waals surface area (Å²) in [5, 5.41) is 9.55. The molecule has 1 aliphatic rings. The van der Waals surface area contributed by atoms with Crippen LogP contribution in [0, 0.1) is 0 Å². The van der Waals surface area contributed by atoms with E-state index in [0.29, 0.717) is 10.2 Å². The molecule has 3 N–H and O–H groups in total. The molecule has 7 heteroatoms. The fourth-order valence-electron chi connectivity index (χ4n) is 2.01. The molecule has 0 radical (unpaired) electrons. The van der Waals surface area contributed by atoms with E-state index >= 15 is 0 Å². The van der Waals surface area contributed by atoms with Crippen molar-refractivity contribution < 1.29 is 14.7 Å². The van der Waals surface area contributed by atoms with Gasteiger partial charge in [0.05, 0.1) is 11.7 Å². The number of primary amides is 1. The first-order chi connectivity index (χ1) is 8.50. The van der Waals surface area contributed by atoms with Crippen LogP contribution < -0.4 is 5.73 Å². The smallest absolute Gasteiger partial charge is 0.257 e. The summed E-state index contributed by atoms with van der Waals surface area (Å²) in [5.74, 6) is -0.977. The van der Waals surface area contributed by atoms with Crippen molar-refractivity contribution in [1.82, 2.24) is 9.88 Å². The number of hydrogen-bond donors (Lipinski definition) is 2. The molecule has 2 unspecified atom stereocenters. The van der Waals surface area contributed by atoms with Crippen LogP contribution in [0.25, 0.3) is 0 Å². The fraction of sp³-hybridized carbons (Fsp3) is 0.364. The lowest BCUT2D eigenvalue weighted by Gasteiger charge is -2.22. The van der Waals surface area contributed by atoms with Crippen LogP contribution in [-0.4, -0.2) is 45.5 Å². The lowest BCUT2D eigenvalue weighted by molar-refractivity contribution is -0.121. The van der Waals surface area contributed by atoms with E-state index in [0.717, 1.165) is 0 Å². The van der Waals surface area contributed by atoms with Crippen molar-refractivity contribution in [3.05, 3.63) is 28.5 Å². The number of nitrogens with zero attached hydrogens (tertiary/aromatic N) is 2. The number of β-amino-alcohol motifs (C(OH)–C–C–N with tert-alkyl or cyclic N) is 1. The summed E-state index contributed by atoms with van der Waals surface area (Å²) < 4.78 is 0.402. The number of rotatable bonds is 2. The number of likely N-dealkylation sites (tertiary alicyclic amines) is 1. The zero-order chi connectivity index (χ0) is 13.3. The summed E-state index contributed by atoms with van der Waals surface area (Å²) in [5.41, 5.74) is 5.58. The second-order valence-electron chi connectivity index (χ2n) is 4.11. The molecule has 0 bridgehead atoms. The number of carbonyl (C=O) groups is 2. The van der Waals surface area contributed by atoms with Crippen LogP contribution in [-0.2, 0) is 4.79 Å². The van der Waals surface area contributed by atoms with E-state index < -0.39 is 18.1 Å². The first kappa shape index (κ1) is 13.0. The molecule has 2 amide bonds. The zero-order valence-electron chi connectivity index (χ0n) is 9.41. The van der Waals surface area contributed by atoms with E-state index in [2.05, 4.69) is 20.9 Å². The first-order valence-electron chi connectivity index (χ1n) is 5.39. The molecule has 1 fully saturated rings. The molecule has 0 spiro atoms. The van der Waals surface area contributed by atoms with Crippen molar-refractivity contribution in [2.24, 2.45) is 5.73 Å². The fourth-order valence-corrected chi connectivity index (χ4v) is 2.43. The third kappa shape index (κ3) is 2.37. The molecule has 0 aromatic carbocycles. The number of aromatic nitrogens is 1. The van der Waals surface area contributed by atoms with Crippen molar-refractivity contribution in [2.75, 3.05) is 6.54 Å². The minimum Gasteiger partial charge on any atom is -0.391 e. The molecule has 1 saturated heterocycles. The van der Waals surface area contributed by atoms with Gasteiger partial charge in [-0.3, -0.25) is 9.59 Å². The van der Waals surface area contributed by atoms with Gasteiger partial charge in [0.25, 0.3) is 5.91 Å². The summed E-state index contributed by atoms with van der Waals surface area (Å²) in [6.45, 7) is 0.105. The molecule has 1 aliphatic heterocycles. The van der Waals surface area contributed by atoms with Gasteiger partial charge in [-0.05, 0) is 28.1 Å². The van der Waals surface area contributed by atoms with Crippen molar-refractivity contribution in [1.29, 1.82) is 0 Å². The monoisotopic (exact) mass is 313 g/mol. The lowest BCUT2D eigenvalue weighted by Crippen LogP contribution is -2.43. The van der Waals surface area contributed by atoms with Gasteiger partial charge in [-0.15, -0.1) is 0 Å². The van der Waals surface area contributed by atoms with E-state index in [9.17, 15) is 14.7 Å². The maximum atomic E-state index is 12.3. The molecular weight excluding hydrogens is 302 g/mol. The minimum absolute atomic E-state index is 0.105. The first-order valence-corrected chi connectivity index (χ1v) is 6.19. The van der Waals surface area contributed by atoms with E-state index in [1.54, 1.807) is 18.3 Å². The van der Waals surface area contributed by atoms with Gasteiger partial charge < -0.3 is 15.7 Å². The van der Waals surface area contributed by atoms with E-state index in [1.165, 1.54) is 4.90 Å². The Morgan fingerprint density at radius 1 is 1.56 bits per heavy atom. The molecule has 2 atom stereocenters. The standard InChI is InChI=1S/C11H12BrN3O3/c12-9-7(2-1-3-14-9)11(18)15-5-6(16)4-8(15)10(13)17/h1-3,6,8,16H,4-5H2,(H2,13,17). The van der Waals surface area contributed by atoms with Gasteiger partial charge in [-0.2, -0.15) is 0 Å². The van der Waals surface area contributed by atoms with Crippen LogP contribution in [0.2, 0.25) is 0 Å². The molecule has 2 heterocycles. The maximum absolute atomic E-state index is 12.3. The minimum atomic E-state index is -0.764. The highest BCUT2D eigenvalue weighted by Crippen LogP contribution is 2.23. The largest absolute Gasteiger partial charge is 0.391 e. The topological polar surface area (TPSA) is 96.5 Å². The van der Waals surface area contributed by atoms with Crippen molar-refractivity contribution in [2.45, 2.75) is 18.6 Å². The van der Waals surface area contributed by atoms with E-state index in [4.69, 9.17) is 5.73 Å². The van der Waals surface area contributed by atoms with Crippen LogP contribution in [0.1, 0.15) is 16.8 Å². The van der Waals surface area contributed by atoms with Crippen molar-refractivity contribution in [3.8, 4) is 0 Å². The second-order valence-corrected chi connectivity index (χ2v) is 4.86. The molecule has 1 aromatic rings. The van der Waals surface area contributed by atoms with Crippen molar-refractivity contribution in [3.63, 3.8) is 0 Å². The lowest BCUT2D eigenvalue weighted by atomic mass is 10.2. The number of carbonyl (C=O) groups excluding carboxylic acids is 2. The Balaban J connectivity index is 2.28. The van der Waals surface area contributed by atoms with Gasteiger partial charge >= 0.3 is 0 Å². The van der Waals surface area contributed by atoms with Crippen LogP contribution in [0.5, 0.6) is 0 Å². The molecule has 18 heavy (non-hydrogen) atoms. The van der Waals surface area contributed by atoms with Gasteiger partial charge in [0, 0.05) is 19.2 Å². The number of nitrogens with two attached hydrogens (primary N) is 1. The van der Waals surface area contributed by atoms with Crippen LogP contribution in [0.4, 0.5) is 0 Å². The SMILES string of the molecule is NC(=O)C1CC(O)CN1C(=O)c1cccnc1Br. The summed E-state index contributed by atoms with van der Waals surface area (Å²) in [6, 6.07) is 2.46. The summed E-state index contributed by atoms with van der Waals surface area (Å²) in [4.78, 5) is 28.8. The highest BCUT2D eigenvalue weighted by Gasteiger charge is 2.38. The molecule has 2 rings (SSSR count). The highest BCUT2D eigenvalue weighted by atomic mass is 79.9. The number of pyridine rings is 1. The highest BCUT2D eigenvalue weighted by molar-refractivity contribution is 9.10. The second kappa shape index (κ2) is 5.03. The third-order valence-corrected chi connectivity index (χ3v) is 3.49. The van der Waals surface area contributed by atoms with Crippen molar-refractivity contribution >= 4 is 27.7 Å². The third-order valence-electron chi connectivity index (χ3n) is 2.86. The van der Waals surface area contributed by atoms with E-state index in [1.807, 2.05) is 0 Å².